The lowest BCUT2D eigenvalue weighted by Gasteiger charge is -2.35. The zero-order valence-electron chi connectivity index (χ0n) is 11.7. The summed E-state index contributed by atoms with van der Waals surface area (Å²) in [5.41, 5.74) is 0.204. The normalized spacial score (nSPS) is 17.6. The van der Waals surface area contributed by atoms with Gasteiger partial charge in [-0.05, 0) is 31.2 Å². The lowest BCUT2D eigenvalue weighted by molar-refractivity contribution is 0.0944. The minimum Gasteiger partial charge on any atom is -0.508 e. The Balaban J connectivity index is 2.00. The fraction of sp³-hybridized carbons (Fsp3) is 0.533. The van der Waals surface area contributed by atoms with Crippen LogP contribution in [0, 0.1) is 0 Å². The minimum absolute atomic E-state index is 0.0492. The molecule has 0 unspecified atom stereocenters. The first-order valence-corrected chi connectivity index (χ1v) is 8.14. The van der Waals surface area contributed by atoms with Gasteiger partial charge in [-0.2, -0.15) is 11.8 Å². The van der Waals surface area contributed by atoms with E-state index in [9.17, 15) is 15.0 Å². The lowest BCUT2D eigenvalue weighted by atomic mass is 9.88. The molecule has 1 aliphatic carbocycles. The summed E-state index contributed by atoms with van der Waals surface area (Å²) in [5, 5.41) is 21.9. The summed E-state index contributed by atoms with van der Waals surface area (Å²) in [4.78, 5) is 12.1. The SMILES string of the molecule is CSC1(CNC(=O)c2ccc(O)cc2O)CCCCC1. The molecule has 1 aliphatic rings. The van der Waals surface area contributed by atoms with E-state index in [0.29, 0.717) is 6.54 Å². The van der Waals surface area contributed by atoms with E-state index in [0.717, 1.165) is 12.8 Å². The van der Waals surface area contributed by atoms with Crippen LogP contribution in [0.25, 0.3) is 0 Å². The van der Waals surface area contributed by atoms with Crippen LogP contribution in [0.4, 0.5) is 0 Å². The van der Waals surface area contributed by atoms with Crippen molar-refractivity contribution >= 4 is 17.7 Å². The molecule has 110 valence electrons. The van der Waals surface area contributed by atoms with Gasteiger partial charge in [-0.15, -0.1) is 0 Å². The van der Waals surface area contributed by atoms with Gasteiger partial charge in [0.2, 0.25) is 0 Å². The molecule has 1 amide bonds. The highest BCUT2D eigenvalue weighted by molar-refractivity contribution is 8.00. The first-order valence-electron chi connectivity index (χ1n) is 6.92. The topological polar surface area (TPSA) is 69.6 Å². The van der Waals surface area contributed by atoms with Crippen molar-refractivity contribution in [1.29, 1.82) is 0 Å². The zero-order chi connectivity index (χ0) is 14.6. The fourth-order valence-corrected chi connectivity index (χ4v) is 3.61. The molecule has 5 heteroatoms. The molecule has 20 heavy (non-hydrogen) atoms. The third-order valence-corrected chi connectivity index (χ3v) is 5.41. The van der Waals surface area contributed by atoms with E-state index in [1.165, 1.54) is 37.5 Å². The van der Waals surface area contributed by atoms with Gasteiger partial charge in [0.15, 0.2) is 0 Å². The minimum atomic E-state index is -0.290. The summed E-state index contributed by atoms with van der Waals surface area (Å²) < 4.78 is 0.125. The fourth-order valence-electron chi connectivity index (χ4n) is 2.70. The number of phenolic OH excluding ortho intramolecular Hbond substituents is 2. The van der Waals surface area contributed by atoms with E-state index in [2.05, 4.69) is 11.6 Å². The lowest BCUT2D eigenvalue weighted by Crippen LogP contribution is -2.41. The summed E-state index contributed by atoms with van der Waals surface area (Å²) in [5.74, 6) is -0.530. The number of phenols is 2. The number of rotatable bonds is 4. The van der Waals surface area contributed by atoms with Crippen molar-refractivity contribution in [2.45, 2.75) is 36.9 Å². The Morgan fingerprint density at radius 2 is 2.00 bits per heavy atom. The molecule has 0 aromatic heterocycles. The Hall–Kier alpha value is -1.36. The van der Waals surface area contributed by atoms with Gasteiger partial charge in [0.05, 0.1) is 5.56 Å². The van der Waals surface area contributed by atoms with Gasteiger partial charge in [0, 0.05) is 17.4 Å². The van der Waals surface area contributed by atoms with Crippen LogP contribution in [0.2, 0.25) is 0 Å². The average molecular weight is 295 g/mol. The van der Waals surface area contributed by atoms with Crippen molar-refractivity contribution in [2.24, 2.45) is 0 Å². The number of hydrogen-bond acceptors (Lipinski definition) is 4. The Morgan fingerprint density at radius 1 is 1.30 bits per heavy atom. The molecular weight excluding hydrogens is 274 g/mol. The van der Waals surface area contributed by atoms with Gasteiger partial charge in [-0.25, -0.2) is 0 Å². The second-order valence-corrected chi connectivity index (χ2v) is 6.61. The molecule has 1 saturated carbocycles. The Morgan fingerprint density at radius 3 is 2.60 bits per heavy atom. The van der Waals surface area contributed by atoms with Crippen LogP contribution in [-0.4, -0.2) is 33.7 Å². The number of thioether (sulfide) groups is 1. The van der Waals surface area contributed by atoms with E-state index in [-0.39, 0.29) is 27.7 Å². The first kappa shape index (κ1) is 15.0. The molecule has 0 aliphatic heterocycles. The number of aromatic hydroxyl groups is 2. The van der Waals surface area contributed by atoms with Crippen LogP contribution in [0.3, 0.4) is 0 Å². The molecule has 4 nitrogen and oxygen atoms in total. The predicted molar refractivity (Wildman–Crippen MR) is 81.4 cm³/mol. The predicted octanol–water partition coefficient (Wildman–Crippen LogP) is 2.89. The highest BCUT2D eigenvalue weighted by atomic mass is 32.2. The summed E-state index contributed by atoms with van der Waals surface area (Å²) in [6.45, 7) is 0.618. The highest BCUT2D eigenvalue weighted by Crippen LogP contribution is 2.38. The number of benzene rings is 1. The van der Waals surface area contributed by atoms with Gasteiger partial charge in [-0.1, -0.05) is 19.3 Å². The van der Waals surface area contributed by atoms with Gasteiger partial charge >= 0.3 is 0 Å². The van der Waals surface area contributed by atoms with Crippen LogP contribution in [0.5, 0.6) is 11.5 Å². The van der Waals surface area contributed by atoms with Gasteiger partial charge in [0.1, 0.15) is 11.5 Å². The van der Waals surface area contributed by atoms with Crippen molar-refractivity contribution in [1.82, 2.24) is 5.32 Å². The highest BCUT2D eigenvalue weighted by Gasteiger charge is 2.31. The number of nitrogens with one attached hydrogen (secondary N) is 1. The van der Waals surface area contributed by atoms with E-state index in [4.69, 9.17) is 0 Å². The maximum atomic E-state index is 12.1. The number of amides is 1. The molecule has 2 rings (SSSR count). The Labute approximate surface area is 123 Å². The standard InChI is InChI=1S/C15H21NO3S/c1-20-15(7-3-2-4-8-15)10-16-14(19)12-6-5-11(17)9-13(12)18/h5-6,9,17-18H,2-4,7-8,10H2,1H3,(H,16,19). The average Bonchev–Trinajstić information content (AvgIpc) is 2.46. The summed E-state index contributed by atoms with van der Waals surface area (Å²) >= 11 is 1.82. The molecule has 0 saturated heterocycles. The Kier molecular flexibility index (Phi) is 4.81. The maximum Gasteiger partial charge on any atom is 0.255 e. The zero-order valence-corrected chi connectivity index (χ0v) is 12.5. The van der Waals surface area contributed by atoms with E-state index >= 15 is 0 Å². The van der Waals surface area contributed by atoms with Gasteiger partial charge < -0.3 is 15.5 Å². The van der Waals surface area contributed by atoms with E-state index in [1.54, 1.807) is 0 Å². The van der Waals surface area contributed by atoms with Crippen LogP contribution >= 0.6 is 11.8 Å². The Bertz CT molecular complexity index is 484. The third-order valence-electron chi connectivity index (χ3n) is 3.99. The number of hydrogen-bond donors (Lipinski definition) is 3. The van der Waals surface area contributed by atoms with Crippen molar-refractivity contribution < 1.29 is 15.0 Å². The van der Waals surface area contributed by atoms with Crippen LogP contribution in [0.15, 0.2) is 18.2 Å². The van der Waals surface area contributed by atoms with Crippen LogP contribution in [-0.2, 0) is 0 Å². The second-order valence-electron chi connectivity index (χ2n) is 5.33. The largest absolute Gasteiger partial charge is 0.508 e. The molecule has 0 atom stereocenters. The van der Waals surface area contributed by atoms with Crippen molar-refractivity contribution in [3.05, 3.63) is 23.8 Å². The second kappa shape index (κ2) is 6.39. The molecule has 0 bridgehead atoms. The molecular formula is C15H21NO3S. The smallest absolute Gasteiger partial charge is 0.255 e. The summed E-state index contributed by atoms with van der Waals surface area (Å²) in [6, 6.07) is 4.02. The molecule has 1 aromatic carbocycles. The van der Waals surface area contributed by atoms with Crippen LogP contribution < -0.4 is 5.32 Å². The van der Waals surface area contributed by atoms with Crippen molar-refractivity contribution in [3.8, 4) is 11.5 Å². The number of carbonyl (C=O) groups is 1. The summed E-state index contributed by atoms with van der Waals surface area (Å²) in [6.07, 6.45) is 8.03. The molecule has 1 fully saturated rings. The first-order chi connectivity index (χ1) is 9.56. The van der Waals surface area contributed by atoms with Crippen LogP contribution in [0.1, 0.15) is 42.5 Å². The van der Waals surface area contributed by atoms with Gasteiger partial charge in [-0.3, -0.25) is 4.79 Å². The quantitative estimate of drug-likeness (QED) is 0.799. The van der Waals surface area contributed by atoms with E-state index < -0.39 is 0 Å². The monoisotopic (exact) mass is 295 g/mol. The maximum absolute atomic E-state index is 12.1. The van der Waals surface area contributed by atoms with Gasteiger partial charge in [0.25, 0.3) is 5.91 Å². The number of carbonyl (C=O) groups excluding carboxylic acids is 1. The summed E-state index contributed by atoms with van der Waals surface area (Å²) in [7, 11) is 0. The molecule has 3 N–H and O–H groups in total. The molecule has 0 heterocycles. The molecule has 0 spiro atoms. The van der Waals surface area contributed by atoms with Crippen molar-refractivity contribution in [2.75, 3.05) is 12.8 Å². The molecule has 0 radical (unpaired) electrons. The van der Waals surface area contributed by atoms with E-state index in [1.807, 2.05) is 11.8 Å². The van der Waals surface area contributed by atoms with Crippen molar-refractivity contribution in [3.63, 3.8) is 0 Å². The molecule has 1 aromatic rings. The third kappa shape index (κ3) is 3.39.